The number of nitrogens with zero attached hydrogens (tertiary/aromatic N) is 2. The fourth-order valence-electron chi connectivity index (χ4n) is 3.12. The molecule has 0 bridgehead atoms. The predicted octanol–water partition coefficient (Wildman–Crippen LogP) is 0.0393. The van der Waals surface area contributed by atoms with Crippen molar-refractivity contribution in [2.45, 2.75) is 12.8 Å². The number of methoxy groups -OCH3 is 2. The molecule has 1 heterocycles. The predicted molar refractivity (Wildman–Crippen MR) is 94.3 cm³/mol. The van der Waals surface area contributed by atoms with Gasteiger partial charge in [0.1, 0.15) is 0 Å². The summed E-state index contributed by atoms with van der Waals surface area (Å²) >= 11 is -0.150. The fourth-order valence-corrected chi connectivity index (χ4v) is 5.01. The van der Waals surface area contributed by atoms with Gasteiger partial charge < -0.3 is 0 Å². The average Bonchev–Trinajstić information content (AvgIpc) is 3.07. The van der Waals surface area contributed by atoms with Crippen LogP contribution in [0.1, 0.15) is 16.7 Å². The maximum absolute atomic E-state index is 12.3. The molecule has 2 aromatic rings. The third kappa shape index (κ3) is 3.10. The van der Waals surface area contributed by atoms with Gasteiger partial charge in [-0.15, -0.1) is 0 Å². The second kappa shape index (κ2) is 7.28. The minimum absolute atomic E-state index is 0.150. The van der Waals surface area contributed by atoms with E-state index in [2.05, 4.69) is 11.1 Å². The Balaban J connectivity index is 1.92. The summed E-state index contributed by atoms with van der Waals surface area (Å²) in [6.07, 6.45) is 2.15. The molecule has 1 aromatic heterocycles. The molecule has 1 aromatic carbocycles. The number of carbonyl (C=O) groups is 2. The molecule has 0 unspecified atom stereocenters. The molecule has 0 amide bonds. The molecule has 3 rings (SSSR count). The van der Waals surface area contributed by atoms with Crippen molar-refractivity contribution in [1.29, 1.82) is 5.26 Å². The Kier molecular flexibility index (Phi) is 5.08. The molecule has 7 heteroatoms. The number of carbonyl (C=O) groups excluding carboxylic acids is 2. The first-order valence-electron chi connectivity index (χ1n) is 7.85. The third-order valence-electron chi connectivity index (χ3n) is 4.42. The van der Waals surface area contributed by atoms with Gasteiger partial charge in [0.2, 0.25) is 0 Å². The molecule has 26 heavy (non-hydrogen) atoms. The molecule has 0 radical (unpaired) electrons. The summed E-state index contributed by atoms with van der Waals surface area (Å²) in [7, 11) is 2.53. The number of ether oxygens (including phenoxy) is 2. The van der Waals surface area contributed by atoms with Crippen molar-refractivity contribution in [1.82, 2.24) is 4.98 Å². The van der Waals surface area contributed by atoms with Crippen LogP contribution in [0.5, 0.6) is 0 Å². The summed E-state index contributed by atoms with van der Waals surface area (Å²) in [6, 6.07) is 11.5. The topological polar surface area (TPSA) is 89.3 Å². The maximum atomic E-state index is 12.3. The number of esters is 2. The van der Waals surface area contributed by atoms with Crippen molar-refractivity contribution in [2.24, 2.45) is 5.41 Å². The molecule has 0 atom stereocenters. The zero-order valence-corrected chi connectivity index (χ0v) is 16.0. The van der Waals surface area contributed by atoms with Gasteiger partial charge in [0.15, 0.2) is 0 Å². The molecule has 0 spiro atoms. The number of pyridine rings is 1. The first kappa shape index (κ1) is 18.1. The van der Waals surface area contributed by atoms with Crippen LogP contribution in [0.3, 0.4) is 0 Å². The number of nitriles is 1. The Labute approximate surface area is 157 Å². The third-order valence-corrected chi connectivity index (χ3v) is 6.53. The molecule has 1 aliphatic carbocycles. The second-order valence-electron chi connectivity index (χ2n) is 5.92. The van der Waals surface area contributed by atoms with Gasteiger partial charge in [-0.25, -0.2) is 0 Å². The van der Waals surface area contributed by atoms with E-state index in [9.17, 15) is 14.9 Å². The van der Waals surface area contributed by atoms with Crippen LogP contribution in [-0.4, -0.2) is 46.1 Å². The summed E-state index contributed by atoms with van der Waals surface area (Å²) < 4.78 is 11.5. The van der Waals surface area contributed by atoms with Crippen molar-refractivity contribution in [3.63, 3.8) is 0 Å². The van der Waals surface area contributed by atoms with Crippen molar-refractivity contribution >= 4 is 35.9 Å². The van der Waals surface area contributed by atoms with E-state index in [1.54, 1.807) is 12.3 Å². The summed E-state index contributed by atoms with van der Waals surface area (Å²) in [5.74, 6) is -1.19. The van der Waals surface area contributed by atoms with E-state index in [0.717, 1.165) is 20.2 Å². The van der Waals surface area contributed by atoms with Gasteiger partial charge in [0.25, 0.3) is 0 Å². The van der Waals surface area contributed by atoms with E-state index in [-0.39, 0.29) is 27.8 Å². The standard InChI is InChI=1S/C19H16N2O4Se/c1-24-17(22)19(18(23)25-2)8-13-7-16(21-11-14(13)9-19)26-15-6-4-3-5-12(15)10-20/h3-7,11H,8-9H2,1-2H3. The molecule has 0 aliphatic heterocycles. The molecule has 132 valence electrons. The van der Waals surface area contributed by atoms with Crippen LogP contribution >= 0.6 is 0 Å². The van der Waals surface area contributed by atoms with Crippen LogP contribution in [0.15, 0.2) is 36.5 Å². The fraction of sp³-hybridized carbons (Fsp3) is 0.263. The zero-order valence-electron chi connectivity index (χ0n) is 14.3. The van der Waals surface area contributed by atoms with E-state index in [0.29, 0.717) is 5.56 Å². The van der Waals surface area contributed by atoms with Gasteiger partial charge in [-0.2, -0.15) is 0 Å². The molecule has 0 N–H and O–H groups in total. The quantitative estimate of drug-likeness (QED) is 0.398. The van der Waals surface area contributed by atoms with Crippen LogP contribution in [0.4, 0.5) is 0 Å². The number of benzene rings is 1. The zero-order chi connectivity index (χ0) is 18.7. The summed E-state index contributed by atoms with van der Waals surface area (Å²) in [6.45, 7) is 0. The second-order valence-corrected chi connectivity index (χ2v) is 8.15. The van der Waals surface area contributed by atoms with Crippen molar-refractivity contribution < 1.29 is 19.1 Å². The van der Waals surface area contributed by atoms with Crippen LogP contribution in [0.25, 0.3) is 0 Å². The Morgan fingerprint density at radius 1 is 1.15 bits per heavy atom. The molecule has 0 saturated carbocycles. The molecule has 0 fully saturated rings. The van der Waals surface area contributed by atoms with Crippen LogP contribution < -0.4 is 9.05 Å². The number of hydrogen-bond donors (Lipinski definition) is 0. The van der Waals surface area contributed by atoms with Crippen molar-refractivity contribution in [2.75, 3.05) is 14.2 Å². The molecule has 1 aliphatic rings. The Hall–Kier alpha value is -2.68. The van der Waals surface area contributed by atoms with Crippen molar-refractivity contribution in [3.8, 4) is 6.07 Å². The molecule has 6 nitrogen and oxygen atoms in total. The van der Waals surface area contributed by atoms with Gasteiger partial charge in [-0.05, 0) is 0 Å². The van der Waals surface area contributed by atoms with Crippen LogP contribution in [0.2, 0.25) is 0 Å². The molecule has 0 saturated heterocycles. The number of hydrogen-bond acceptors (Lipinski definition) is 6. The summed E-state index contributed by atoms with van der Waals surface area (Å²) in [5.41, 5.74) is 1.02. The monoisotopic (exact) mass is 416 g/mol. The minimum atomic E-state index is -1.34. The van der Waals surface area contributed by atoms with Crippen molar-refractivity contribution in [3.05, 3.63) is 53.2 Å². The van der Waals surface area contributed by atoms with E-state index >= 15 is 0 Å². The van der Waals surface area contributed by atoms with E-state index in [1.807, 2.05) is 24.3 Å². The number of rotatable bonds is 4. The van der Waals surface area contributed by atoms with E-state index in [1.165, 1.54) is 14.2 Å². The van der Waals surface area contributed by atoms with Gasteiger partial charge >= 0.3 is 157 Å². The van der Waals surface area contributed by atoms with Gasteiger partial charge in [-0.1, -0.05) is 0 Å². The summed E-state index contributed by atoms with van der Waals surface area (Å²) in [5, 5.41) is 9.23. The van der Waals surface area contributed by atoms with Crippen LogP contribution in [0, 0.1) is 16.7 Å². The first-order valence-corrected chi connectivity index (χ1v) is 9.57. The van der Waals surface area contributed by atoms with E-state index in [4.69, 9.17) is 9.47 Å². The Bertz CT molecular complexity index is 904. The molecular formula is C19H16N2O4Se. The Morgan fingerprint density at radius 3 is 2.46 bits per heavy atom. The number of fused-ring (bicyclic) bond motifs is 1. The Morgan fingerprint density at radius 2 is 1.81 bits per heavy atom. The van der Waals surface area contributed by atoms with Gasteiger partial charge in [-0.3, -0.25) is 0 Å². The van der Waals surface area contributed by atoms with Gasteiger partial charge in [0, 0.05) is 0 Å². The van der Waals surface area contributed by atoms with Gasteiger partial charge in [0.05, 0.1) is 0 Å². The van der Waals surface area contributed by atoms with E-state index < -0.39 is 17.4 Å². The average molecular weight is 415 g/mol. The number of aromatic nitrogens is 1. The SMILES string of the molecule is COC(=O)C1(C(=O)OC)Cc2cnc([Se]c3ccccc3C#N)cc2C1. The summed E-state index contributed by atoms with van der Waals surface area (Å²) in [4.78, 5) is 29.0. The normalized spacial score (nSPS) is 14.2. The first-order chi connectivity index (χ1) is 12.5. The van der Waals surface area contributed by atoms with Crippen LogP contribution in [-0.2, 0) is 31.9 Å². The molecular weight excluding hydrogens is 399 g/mol.